The molecule has 0 aliphatic rings. The maximum atomic E-state index is 12.6. The number of hydrogen-bond donors (Lipinski definition) is 8. The Morgan fingerprint density at radius 2 is 1.26 bits per heavy atom. The molecular formula is C18H29N5O10S. The molecule has 0 fully saturated rings. The molecule has 0 saturated heterocycles. The SMILES string of the molecule is CSCCC(NC(=O)C(CC(=O)O)NC(=O)C(CC(N)=O)NC(=O)C(N)CCC(=O)O)C(=O)O. The lowest BCUT2D eigenvalue weighted by Crippen LogP contribution is -2.58. The number of carbonyl (C=O) groups is 7. The molecule has 4 atom stereocenters. The second-order valence-electron chi connectivity index (χ2n) is 7.11. The van der Waals surface area contributed by atoms with Crippen molar-refractivity contribution in [1.82, 2.24) is 16.0 Å². The maximum absolute atomic E-state index is 12.6. The number of hydrogen-bond acceptors (Lipinski definition) is 9. The van der Waals surface area contributed by atoms with Crippen molar-refractivity contribution in [3.63, 3.8) is 0 Å². The minimum atomic E-state index is -1.74. The highest BCUT2D eigenvalue weighted by Crippen LogP contribution is 2.04. The first-order valence-corrected chi connectivity index (χ1v) is 11.3. The second kappa shape index (κ2) is 15.4. The minimum Gasteiger partial charge on any atom is -0.481 e. The highest BCUT2D eigenvalue weighted by Gasteiger charge is 2.32. The number of primary amides is 1. The summed E-state index contributed by atoms with van der Waals surface area (Å²) in [6.45, 7) is 0. The van der Waals surface area contributed by atoms with Gasteiger partial charge in [0.05, 0.1) is 18.9 Å². The van der Waals surface area contributed by atoms with Crippen LogP contribution >= 0.6 is 11.8 Å². The van der Waals surface area contributed by atoms with Crippen molar-refractivity contribution in [1.29, 1.82) is 0 Å². The van der Waals surface area contributed by atoms with Gasteiger partial charge in [0, 0.05) is 6.42 Å². The highest BCUT2D eigenvalue weighted by atomic mass is 32.2. The molecule has 16 heteroatoms. The predicted molar refractivity (Wildman–Crippen MR) is 117 cm³/mol. The molecule has 0 rings (SSSR count). The molecule has 192 valence electrons. The Bertz CT molecular complexity index is 793. The zero-order chi connectivity index (χ0) is 26.4. The number of nitrogens with one attached hydrogen (secondary N) is 3. The molecule has 0 aliphatic carbocycles. The van der Waals surface area contributed by atoms with E-state index in [4.69, 9.17) is 21.7 Å². The van der Waals surface area contributed by atoms with Crippen molar-refractivity contribution in [3.05, 3.63) is 0 Å². The molecule has 10 N–H and O–H groups in total. The van der Waals surface area contributed by atoms with Crippen LogP contribution in [-0.4, -0.2) is 93.0 Å². The van der Waals surface area contributed by atoms with Crippen LogP contribution in [0.3, 0.4) is 0 Å². The Morgan fingerprint density at radius 1 is 0.765 bits per heavy atom. The van der Waals surface area contributed by atoms with E-state index in [1.807, 2.05) is 0 Å². The van der Waals surface area contributed by atoms with E-state index in [-0.39, 0.29) is 12.8 Å². The van der Waals surface area contributed by atoms with Crippen LogP contribution in [0.2, 0.25) is 0 Å². The fourth-order valence-corrected chi connectivity index (χ4v) is 2.99. The van der Waals surface area contributed by atoms with Crippen molar-refractivity contribution >= 4 is 53.3 Å². The highest BCUT2D eigenvalue weighted by molar-refractivity contribution is 7.98. The van der Waals surface area contributed by atoms with Gasteiger partial charge in [0.25, 0.3) is 0 Å². The van der Waals surface area contributed by atoms with E-state index >= 15 is 0 Å². The van der Waals surface area contributed by atoms with E-state index in [2.05, 4.69) is 16.0 Å². The summed E-state index contributed by atoms with van der Waals surface area (Å²) < 4.78 is 0. The van der Waals surface area contributed by atoms with Crippen LogP contribution in [0.1, 0.15) is 32.1 Å². The second-order valence-corrected chi connectivity index (χ2v) is 8.10. The first-order valence-electron chi connectivity index (χ1n) is 9.88. The number of aliphatic carboxylic acids is 3. The molecule has 0 heterocycles. The van der Waals surface area contributed by atoms with Crippen molar-refractivity contribution in [2.45, 2.75) is 56.3 Å². The third kappa shape index (κ3) is 12.6. The van der Waals surface area contributed by atoms with Gasteiger partial charge in [-0.25, -0.2) is 4.79 Å². The Morgan fingerprint density at radius 3 is 1.71 bits per heavy atom. The van der Waals surface area contributed by atoms with Crippen molar-refractivity contribution < 1.29 is 48.9 Å². The molecule has 34 heavy (non-hydrogen) atoms. The molecule has 0 spiro atoms. The van der Waals surface area contributed by atoms with Gasteiger partial charge < -0.3 is 42.7 Å². The van der Waals surface area contributed by atoms with Gasteiger partial charge >= 0.3 is 17.9 Å². The lowest BCUT2D eigenvalue weighted by molar-refractivity contribution is -0.144. The molecule has 0 bridgehead atoms. The Labute approximate surface area is 198 Å². The molecule has 0 saturated carbocycles. The number of amides is 4. The minimum absolute atomic E-state index is 0.0323. The third-order valence-corrected chi connectivity index (χ3v) is 4.93. The van der Waals surface area contributed by atoms with Crippen molar-refractivity contribution in [2.24, 2.45) is 11.5 Å². The Balaban J connectivity index is 5.48. The summed E-state index contributed by atoms with van der Waals surface area (Å²) in [6, 6.07) is -6.09. The molecule has 0 aromatic heterocycles. The van der Waals surface area contributed by atoms with Gasteiger partial charge in [-0.15, -0.1) is 0 Å². The van der Waals surface area contributed by atoms with Gasteiger partial charge in [-0.2, -0.15) is 11.8 Å². The van der Waals surface area contributed by atoms with E-state index in [9.17, 15) is 38.7 Å². The fourth-order valence-electron chi connectivity index (χ4n) is 2.52. The number of nitrogens with two attached hydrogens (primary N) is 2. The van der Waals surface area contributed by atoms with Gasteiger partial charge in [-0.3, -0.25) is 28.8 Å². The normalized spacial score (nSPS) is 14.1. The lowest BCUT2D eigenvalue weighted by Gasteiger charge is -2.24. The molecule has 15 nitrogen and oxygen atoms in total. The summed E-state index contributed by atoms with van der Waals surface area (Å²) in [6.07, 6.45) is -0.635. The van der Waals surface area contributed by atoms with Gasteiger partial charge in [-0.1, -0.05) is 0 Å². The van der Waals surface area contributed by atoms with Crippen LogP contribution in [0, 0.1) is 0 Å². The average Bonchev–Trinajstić information content (AvgIpc) is 2.72. The predicted octanol–water partition coefficient (Wildman–Crippen LogP) is -3.18. The summed E-state index contributed by atoms with van der Waals surface area (Å²) in [5.74, 6) is -7.97. The van der Waals surface area contributed by atoms with Gasteiger partial charge in [0.2, 0.25) is 23.6 Å². The summed E-state index contributed by atoms with van der Waals surface area (Å²) in [4.78, 5) is 81.8. The van der Waals surface area contributed by atoms with Crippen LogP contribution < -0.4 is 27.4 Å². The zero-order valence-electron chi connectivity index (χ0n) is 18.3. The van der Waals surface area contributed by atoms with Crippen LogP contribution in [0.5, 0.6) is 0 Å². The number of carboxylic acids is 3. The van der Waals surface area contributed by atoms with Crippen molar-refractivity contribution in [3.8, 4) is 0 Å². The zero-order valence-corrected chi connectivity index (χ0v) is 19.1. The van der Waals surface area contributed by atoms with E-state index in [1.54, 1.807) is 6.26 Å². The number of carboxylic acid groups (broad SMARTS) is 3. The largest absolute Gasteiger partial charge is 0.481 e. The summed E-state index contributed by atoms with van der Waals surface area (Å²) in [7, 11) is 0. The van der Waals surface area contributed by atoms with E-state index in [0.29, 0.717) is 5.75 Å². The standard InChI is InChI=1S/C18H29N5O10S/c1-34-5-4-9(18(32)33)21-17(31)11(7-14(27)28)23-16(30)10(6-12(20)24)22-15(29)8(19)2-3-13(25)26/h8-11H,2-7,19H2,1H3,(H2,20,24)(H,21,31)(H,22,29)(H,23,30)(H,25,26)(H,27,28)(H,32,33). The molecule has 0 aromatic carbocycles. The summed E-state index contributed by atoms with van der Waals surface area (Å²) in [5.41, 5.74) is 10.6. The first-order chi connectivity index (χ1) is 15.8. The number of rotatable bonds is 17. The number of carbonyl (C=O) groups excluding carboxylic acids is 4. The van der Waals surface area contributed by atoms with Crippen LogP contribution in [0.4, 0.5) is 0 Å². The molecule has 0 aromatic rings. The van der Waals surface area contributed by atoms with E-state index < -0.39 is 85.0 Å². The quantitative estimate of drug-likeness (QED) is 0.0968. The van der Waals surface area contributed by atoms with Gasteiger partial charge in [0.15, 0.2) is 0 Å². The van der Waals surface area contributed by atoms with Gasteiger partial charge in [0.1, 0.15) is 18.1 Å². The van der Waals surface area contributed by atoms with Crippen LogP contribution in [-0.2, 0) is 33.6 Å². The molecule has 0 radical (unpaired) electrons. The first kappa shape index (κ1) is 30.6. The monoisotopic (exact) mass is 507 g/mol. The van der Waals surface area contributed by atoms with Crippen LogP contribution in [0.15, 0.2) is 0 Å². The molecule has 0 aliphatic heterocycles. The smallest absolute Gasteiger partial charge is 0.326 e. The van der Waals surface area contributed by atoms with E-state index in [1.165, 1.54) is 11.8 Å². The fraction of sp³-hybridized carbons (Fsp3) is 0.611. The topological polar surface area (TPSA) is 268 Å². The van der Waals surface area contributed by atoms with E-state index in [0.717, 1.165) is 0 Å². The third-order valence-electron chi connectivity index (χ3n) is 4.28. The number of thioether (sulfide) groups is 1. The molecule has 4 amide bonds. The Hall–Kier alpha value is -3.40. The van der Waals surface area contributed by atoms with Crippen molar-refractivity contribution in [2.75, 3.05) is 12.0 Å². The lowest BCUT2D eigenvalue weighted by atomic mass is 10.1. The van der Waals surface area contributed by atoms with Gasteiger partial charge in [-0.05, 0) is 24.9 Å². The maximum Gasteiger partial charge on any atom is 0.326 e. The summed E-state index contributed by atoms with van der Waals surface area (Å²) >= 11 is 1.32. The summed E-state index contributed by atoms with van der Waals surface area (Å²) in [5, 5.41) is 33.3. The van der Waals surface area contributed by atoms with Crippen LogP contribution in [0.25, 0.3) is 0 Å². The Kier molecular flexibility index (Phi) is 13.9. The molecular weight excluding hydrogens is 478 g/mol. The molecule has 4 unspecified atom stereocenters. The average molecular weight is 508 g/mol.